The van der Waals surface area contributed by atoms with Crippen LogP contribution in [0.5, 0.6) is 0 Å². The monoisotopic (exact) mass is 295 g/mol. The van der Waals surface area contributed by atoms with Gasteiger partial charge in [0.05, 0.1) is 23.6 Å². The zero-order valence-corrected chi connectivity index (χ0v) is 12.4. The smallest absolute Gasteiger partial charge is 0.240 e. The normalized spacial score (nSPS) is 10.9. The second-order valence-electron chi connectivity index (χ2n) is 4.65. The number of rotatable bonds is 5. The van der Waals surface area contributed by atoms with Gasteiger partial charge in [0.25, 0.3) is 0 Å². The number of carbonyl (C=O) groups excluding carboxylic acids is 1. The number of nitriles is 1. The van der Waals surface area contributed by atoms with Crippen molar-refractivity contribution in [2.45, 2.75) is 19.9 Å². The first-order valence-electron chi connectivity index (χ1n) is 6.01. The Morgan fingerprint density at radius 3 is 2.60 bits per heavy atom. The number of nitrogens with zero attached hydrogens (tertiary/aromatic N) is 2. The maximum Gasteiger partial charge on any atom is 0.240 e. The minimum absolute atomic E-state index is 0.0747. The molecule has 20 heavy (non-hydrogen) atoms. The van der Waals surface area contributed by atoms with Crippen molar-refractivity contribution in [3.8, 4) is 6.07 Å². The molecular weight excluding hydrogens is 278 g/mol. The van der Waals surface area contributed by atoms with E-state index in [9.17, 15) is 13.2 Å². The van der Waals surface area contributed by atoms with Crippen LogP contribution in [-0.2, 0) is 14.8 Å². The molecule has 0 aliphatic carbocycles. The van der Waals surface area contributed by atoms with Gasteiger partial charge in [-0.05, 0) is 32.0 Å². The average Bonchev–Trinajstić information content (AvgIpc) is 2.34. The number of amides is 1. The van der Waals surface area contributed by atoms with Gasteiger partial charge in [-0.1, -0.05) is 6.07 Å². The van der Waals surface area contributed by atoms with E-state index in [2.05, 4.69) is 5.32 Å². The lowest BCUT2D eigenvalue weighted by Crippen LogP contribution is -2.42. The van der Waals surface area contributed by atoms with E-state index in [1.54, 1.807) is 32.0 Å². The van der Waals surface area contributed by atoms with E-state index in [1.165, 1.54) is 6.07 Å². The molecule has 0 unspecified atom stereocenters. The molecule has 0 heterocycles. The molecule has 0 spiro atoms. The fraction of sp³-hybridized carbons (Fsp3) is 0.385. The van der Waals surface area contributed by atoms with Crippen molar-refractivity contribution in [2.75, 3.05) is 17.1 Å². The van der Waals surface area contributed by atoms with Gasteiger partial charge in [-0.2, -0.15) is 5.26 Å². The van der Waals surface area contributed by atoms with Crippen LogP contribution in [0.2, 0.25) is 0 Å². The Morgan fingerprint density at radius 2 is 2.10 bits per heavy atom. The molecule has 0 fully saturated rings. The lowest BCUT2D eigenvalue weighted by atomic mass is 10.2. The van der Waals surface area contributed by atoms with Crippen LogP contribution in [0.1, 0.15) is 19.4 Å². The quantitative estimate of drug-likeness (QED) is 0.872. The van der Waals surface area contributed by atoms with Crippen molar-refractivity contribution in [1.29, 1.82) is 5.26 Å². The third-order valence-electron chi connectivity index (χ3n) is 2.40. The van der Waals surface area contributed by atoms with E-state index >= 15 is 0 Å². The van der Waals surface area contributed by atoms with Gasteiger partial charge in [0.2, 0.25) is 15.9 Å². The SMILES string of the molecule is CC(C)NC(=O)CN(c1cccc(C#N)c1)S(C)(=O)=O. The molecule has 6 nitrogen and oxygen atoms in total. The first kappa shape index (κ1) is 16.0. The molecule has 1 amide bonds. The van der Waals surface area contributed by atoms with Crippen LogP contribution in [0.3, 0.4) is 0 Å². The summed E-state index contributed by atoms with van der Waals surface area (Å²) in [6, 6.07) is 7.99. The van der Waals surface area contributed by atoms with Gasteiger partial charge in [-0.3, -0.25) is 9.10 Å². The molecule has 108 valence electrons. The summed E-state index contributed by atoms with van der Waals surface area (Å²) >= 11 is 0. The summed E-state index contributed by atoms with van der Waals surface area (Å²) in [6.45, 7) is 3.27. The highest BCUT2D eigenvalue weighted by Crippen LogP contribution is 2.18. The number of sulfonamides is 1. The third kappa shape index (κ3) is 4.55. The van der Waals surface area contributed by atoms with Gasteiger partial charge in [0.1, 0.15) is 6.54 Å². The molecule has 0 saturated heterocycles. The predicted octanol–water partition coefficient (Wildman–Crippen LogP) is 0.849. The largest absolute Gasteiger partial charge is 0.352 e. The first-order chi connectivity index (χ1) is 9.24. The summed E-state index contributed by atoms with van der Waals surface area (Å²) in [7, 11) is -3.61. The van der Waals surface area contributed by atoms with Crippen LogP contribution >= 0.6 is 0 Å². The second-order valence-corrected chi connectivity index (χ2v) is 6.56. The highest BCUT2D eigenvalue weighted by Gasteiger charge is 2.21. The molecule has 0 aliphatic heterocycles. The molecule has 0 atom stereocenters. The molecule has 1 rings (SSSR count). The van der Waals surface area contributed by atoms with Gasteiger partial charge in [-0.25, -0.2) is 8.42 Å². The van der Waals surface area contributed by atoms with Crippen LogP contribution in [0.25, 0.3) is 0 Å². The molecule has 0 aliphatic rings. The van der Waals surface area contributed by atoms with Crippen molar-refractivity contribution in [1.82, 2.24) is 5.32 Å². The van der Waals surface area contributed by atoms with Crippen LogP contribution in [0.15, 0.2) is 24.3 Å². The maximum absolute atomic E-state index is 11.8. The Kier molecular flexibility index (Phi) is 5.11. The average molecular weight is 295 g/mol. The molecule has 1 N–H and O–H groups in total. The summed E-state index contributed by atoms with van der Waals surface area (Å²) in [5.74, 6) is -0.396. The maximum atomic E-state index is 11.8. The zero-order valence-electron chi connectivity index (χ0n) is 11.6. The van der Waals surface area contributed by atoms with E-state index in [4.69, 9.17) is 5.26 Å². The van der Waals surface area contributed by atoms with Crippen molar-refractivity contribution >= 4 is 21.6 Å². The Bertz CT molecular complexity index is 633. The molecule has 0 radical (unpaired) electrons. The molecule has 7 heteroatoms. The Labute approximate surface area is 119 Å². The predicted molar refractivity (Wildman–Crippen MR) is 76.6 cm³/mol. The summed E-state index contributed by atoms with van der Waals surface area (Å²) in [5.41, 5.74) is 0.630. The van der Waals surface area contributed by atoms with Crippen molar-refractivity contribution < 1.29 is 13.2 Å². The number of nitrogens with one attached hydrogen (secondary N) is 1. The summed E-state index contributed by atoms with van der Waals surface area (Å²) in [5, 5.41) is 11.5. The minimum atomic E-state index is -3.61. The summed E-state index contributed by atoms with van der Waals surface area (Å²) in [4.78, 5) is 11.8. The molecule has 0 saturated carbocycles. The number of hydrogen-bond acceptors (Lipinski definition) is 4. The first-order valence-corrected chi connectivity index (χ1v) is 7.86. The molecule has 1 aromatic rings. The van der Waals surface area contributed by atoms with E-state index in [-0.39, 0.29) is 12.6 Å². The molecule has 1 aromatic carbocycles. The highest BCUT2D eigenvalue weighted by atomic mass is 32.2. The van der Waals surface area contributed by atoms with Crippen molar-refractivity contribution in [3.63, 3.8) is 0 Å². The van der Waals surface area contributed by atoms with Crippen LogP contribution in [0, 0.1) is 11.3 Å². The summed E-state index contributed by atoms with van der Waals surface area (Å²) in [6.07, 6.45) is 1.02. The van der Waals surface area contributed by atoms with Gasteiger partial charge in [-0.15, -0.1) is 0 Å². The van der Waals surface area contributed by atoms with E-state index in [0.29, 0.717) is 11.3 Å². The Morgan fingerprint density at radius 1 is 1.45 bits per heavy atom. The van der Waals surface area contributed by atoms with E-state index < -0.39 is 15.9 Å². The standard InChI is InChI=1S/C13H17N3O3S/c1-10(2)15-13(17)9-16(20(3,18)19)12-6-4-5-11(7-12)8-14/h4-7,10H,9H2,1-3H3,(H,15,17). The lowest BCUT2D eigenvalue weighted by molar-refractivity contribution is -0.120. The van der Waals surface area contributed by atoms with Crippen molar-refractivity contribution in [2.24, 2.45) is 0 Å². The van der Waals surface area contributed by atoms with Crippen molar-refractivity contribution in [3.05, 3.63) is 29.8 Å². The third-order valence-corrected chi connectivity index (χ3v) is 3.54. The van der Waals surface area contributed by atoms with Crippen LogP contribution in [0.4, 0.5) is 5.69 Å². The highest BCUT2D eigenvalue weighted by molar-refractivity contribution is 7.92. The van der Waals surface area contributed by atoms with Gasteiger partial charge in [0, 0.05) is 6.04 Å². The fourth-order valence-electron chi connectivity index (χ4n) is 1.63. The fourth-order valence-corrected chi connectivity index (χ4v) is 2.48. The Hall–Kier alpha value is -2.07. The zero-order chi connectivity index (χ0) is 15.3. The number of anilines is 1. The molecule has 0 aromatic heterocycles. The van der Waals surface area contributed by atoms with Gasteiger partial charge < -0.3 is 5.32 Å². The van der Waals surface area contributed by atoms with E-state index in [0.717, 1.165) is 10.6 Å². The number of hydrogen-bond donors (Lipinski definition) is 1. The second kappa shape index (κ2) is 6.39. The van der Waals surface area contributed by atoms with Crippen LogP contribution in [-0.4, -0.2) is 33.2 Å². The summed E-state index contributed by atoms with van der Waals surface area (Å²) < 4.78 is 24.6. The number of benzene rings is 1. The lowest BCUT2D eigenvalue weighted by Gasteiger charge is -2.22. The molecule has 0 bridgehead atoms. The minimum Gasteiger partial charge on any atom is -0.352 e. The topological polar surface area (TPSA) is 90.3 Å². The van der Waals surface area contributed by atoms with Gasteiger partial charge in [0.15, 0.2) is 0 Å². The molecular formula is C13H17N3O3S. The number of carbonyl (C=O) groups is 1. The Balaban J connectivity index is 3.08. The van der Waals surface area contributed by atoms with Crippen LogP contribution < -0.4 is 9.62 Å². The van der Waals surface area contributed by atoms with E-state index in [1.807, 2.05) is 6.07 Å². The van der Waals surface area contributed by atoms with Gasteiger partial charge >= 0.3 is 0 Å².